The zero-order valence-corrected chi connectivity index (χ0v) is 16.5. The van der Waals surface area contributed by atoms with Gasteiger partial charge in [0, 0.05) is 5.69 Å². The number of anilines is 1. The van der Waals surface area contributed by atoms with E-state index in [1.165, 1.54) is 16.4 Å². The molecule has 0 aliphatic carbocycles. The smallest absolute Gasteiger partial charge is 0.234 e. The van der Waals surface area contributed by atoms with Gasteiger partial charge < -0.3 is 15.9 Å². The van der Waals surface area contributed by atoms with Crippen molar-refractivity contribution in [1.29, 1.82) is 0 Å². The molecule has 0 bridgehead atoms. The van der Waals surface area contributed by atoms with Crippen molar-refractivity contribution in [2.45, 2.75) is 5.16 Å². The summed E-state index contributed by atoms with van der Waals surface area (Å²) in [6, 6.07) is 21.2. The largest absolute Gasteiger partial charge is 0.496 e. The maximum Gasteiger partial charge on any atom is 0.234 e. The van der Waals surface area contributed by atoms with Gasteiger partial charge in [-0.25, -0.2) is 4.68 Å². The van der Waals surface area contributed by atoms with Gasteiger partial charge in [0.25, 0.3) is 0 Å². The van der Waals surface area contributed by atoms with E-state index in [2.05, 4.69) is 15.5 Å². The summed E-state index contributed by atoms with van der Waals surface area (Å²) in [6.45, 7) is 0. The molecule has 1 aromatic heterocycles. The molecule has 0 saturated carbocycles. The van der Waals surface area contributed by atoms with E-state index in [9.17, 15) is 4.79 Å². The quantitative estimate of drug-likeness (QED) is 0.376. The van der Waals surface area contributed by atoms with E-state index in [0.29, 0.717) is 16.7 Å². The second kappa shape index (κ2) is 8.24. The lowest BCUT2D eigenvalue weighted by molar-refractivity contribution is -0.113. The number of rotatable bonds is 6. The molecule has 0 atom stereocenters. The number of para-hydroxylation sites is 1. The lowest BCUT2D eigenvalue weighted by atomic mass is 10.1. The summed E-state index contributed by atoms with van der Waals surface area (Å²) in [4.78, 5) is 12.4. The minimum Gasteiger partial charge on any atom is -0.496 e. The van der Waals surface area contributed by atoms with Gasteiger partial charge in [0.15, 0.2) is 5.82 Å². The van der Waals surface area contributed by atoms with Crippen LogP contribution in [0.4, 0.5) is 5.69 Å². The van der Waals surface area contributed by atoms with Gasteiger partial charge in [-0.05, 0) is 35.0 Å². The Labute approximate surface area is 171 Å². The predicted octanol–water partition coefficient (Wildman–Crippen LogP) is 3.55. The third kappa shape index (κ3) is 4.02. The highest BCUT2D eigenvalue weighted by Crippen LogP contribution is 2.29. The highest BCUT2D eigenvalue weighted by Gasteiger charge is 2.16. The van der Waals surface area contributed by atoms with Crippen molar-refractivity contribution < 1.29 is 9.53 Å². The molecule has 4 rings (SSSR count). The molecule has 146 valence electrons. The molecule has 0 aliphatic heterocycles. The third-order valence-electron chi connectivity index (χ3n) is 4.38. The summed E-state index contributed by atoms with van der Waals surface area (Å²) in [7, 11) is 1.59. The van der Waals surface area contributed by atoms with Crippen molar-refractivity contribution in [2.24, 2.45) is 0 Å². The van der Waals surface area contributed by atoms with E-state index in [1.807, 2.05) is 66.7 Å². The Bertz CT molecular complexity index is 1170. The summed E-state index contributed by atoms with van der Waals surface area (Å²) in [5, 5.41) is 13.8. The lowest BCUT2D eigenvalue weighted by Gasteiger charge is -2.08. The minimum atomic E-state index is -0.146. The van der Waals surface area contributed by atoms with Crippen LogP contribution in [0.25, 0.3) is 22.2 Å². The highest BCUT2D eigenvalue weighted by molar-refractivity contribution is 7.99. The van der Waals surface area contributed by atoms with Gasteiger partial charge in [-0.2, -0.15) is 0 Å². The van der Waals surface area contributed by atoms with Crippen LogP contribution in [0.2, 0.25) is 0 Å². The van der Waals surface area contributed by atoms with Crippen LogP contribution in [0, 0.1) is 0 Å². The number of hydrogen-bond acceptors (Lipinski definition) is 6. The summed E-state index contributed by atoms with van der Waals surface area (Å²) in [5.41, 5.74) is 1.48. The van der Waals surface area contributed by atoms with Crippen molar-refractivity contribution in [3.63, 3.8) is 0 Å². The van der Waals surface area contributed by atoms with E-state index in [1.54, 1.807) is 7.11 Å². The zero-order valence-electron chi connectivity index (χ0n) is 15.7. The number of nitrogens with zero attached hydrogens (tertiary/aromatic N) is 3. The number of carbonyl (C=O) groups excluding carboxylic acids is 1. The molecule has 3 aromatic carbocycles. The molecular formula is C21H19N5O2S. The molecule has 0 saturated heterocycles. The number of hydrogen-bond donors (Lipinski definition) is 2. The number of amides is 1. The number of methoxy groups -OCH3 is 1. The molecule has 0 aliphatic rings. The zero-order chi connectivity index (χ0) is 20.2. The molecule has 8 heteroatoms. The van der Waals surface area contributed by atoms with Crippen LogP contribution in [-0.2, 0) is 4.79 Å². The molecule has 0 unspecified atom stereocenters. The van der Waals surface area contributed by atoms with E-state index in [-0.39, 0.29) is 11.7 Å². The molecule has 29 heavy (non-hydrogen) atoms. The summed E-state index contributed by atoms with van der Waals surface area (Å²) in [6.07, 6.45) is 0. The van der Waals surface area contributed by atoms with Crippen LogP contribution in [-0.4, -0.2) is 33.6 Å². The third-order valence-corrected chi connectivity index (χ3v) is 5.32. The number of carbonyl (C=O) groups is 1. The van der Waals surface area contributed by atoms with Crippen molar-refractivity contribution in [3.8, 4) is 17.1 Å². The van der Waals surface area contributed by atoms with Gasteiger partial charge in [0.1, 0.15) is 5.75 Å². The fraction of sp³-hybridized carbons (Fsp3) is 0.0952. The molecule has 7 nitrogen and oxygen atoms in total. The Kier molecular flexibility index (Phi) is 5.35. The number of thioether (sulfide) groups is 1. The van der Waals surface area contributed by atoms with E-state index in [0.717, 1.165) is 22.0 Å². The monoisotopic (exact) mass is 405 g/mol. The molecule has 0 radical (unpaired) electrons. The maximum atomic E-state index is 12.4. The fourth-order valence-electron chi connectivity index (χ4n) is 2.98. The van der Waals surface area contributed by atoms with Gasteiger partial charge in [0.2, 0.25) is 11.1 Å². The number of nitrogens with one attached hydrogen (secondary N) is 1. The fourth-order valence-corrected chi connectivity index (χ4v) is 3.64. The lowest BCUT2D eigenvalue weighted by Crippen LogP contribution is -2.16. The topological polar surface area (TPSA) is 95.1 Å². The van der Waals surface area contributed by atoms with Crippen LogP contribution in [0.5, 0.6) is 5.75 Å². The Morgan fingerprint density at radius 2 is 1.83 bits per heavy atom. The first-order valence-corrected chi connectivity index (χ1v) is 9.89. The van der Waals surface area contributed by atoms with Crippen molar-refractivity contribution in [3.05, 3.63) is 66.7 Å². The summed E-state index contributed by atoms with van der Waals surface area (Å²) < 4.78 is 6.72. The molecule has 4 aromatic rings. The van der Waals surface area contributed by atoms with Gasteiger partial charge in [-0.1, -0.05) is 54.2 Å². The van der Waals surface area contributed by atoms with E-state index < -0.39 is 0 Å². The number of nitrogen functional groups attached to an aromatic ring is 1. The predicted molar refractivity (Wildman–Crippen MR) is 115 cm³/mol. The molecular weight excluding hydrogens is 386 g/mol. The van der Waals surface area contributed by atoms with Crippen molar-refractivity contribution in [1.82, 2.24) is 14.9 Å². The van der Waals surface area contributed by atoms with E-state index >= 15 is 0 Å². The average Bonchev–Trinajstić information content (AvgIpc) is 3.12. The number of aromatic nitrogens is 3. The van der Waals surface area contributed by atoms with Crippen LogP contribution in [0.3, 0.4) is 0 Å². The second-order valence-electron chi connectivity index (χ2n) is 6.28. The maximum absolute atomic E-state index is 12.4. The number of benzene rings is 3. The number of nitrogens with two attached hydrogens (primary N) is 1. The minimum absolute atomic E-state index is 0.146. The van der Waals surface area contributed by atoms with Crippen LogP contribution < -0.4 is 15.9 Å². The van der Waals surface area contributed by atoms with Gasteiger partial charge >= 0.3 is 0 Å². The van der Waals surface area contributed by atoms with Gasteiger partial charge in [-0.15, -0.1) is 10.2 Å². The molecule has 0 fully saturated rings. The standard InChI is InChI=1S/C21H19N5O2S/c1-28-18-9-5-4-8-17(18)20-24-25-21(26(20)22)29-13-19(27)23-16-11-10-14-6-2-3-7-15(14)12-16/h2-12H,13,22H2,1H3,(H,23,27). The first-order chi connectivity index (χ1) is 14.2. The van der Waals surface area contributed by atoms with Crippen LogP contribution in [0.15, 0.2) is 71.9 Å². The Morgan fingerprint density at radius 3 is 2.66 bits per heavy atom. The number of ether oxygens (including phenoxy) is 1. The van der Waals surface area contributed by atoms with Crippen LogP contribution >= 0.6 is 11.8 Å². The Balaban J connectivity index is 1.43. The Morgan fingerprint density at radius 1 is 1.07 bits per heavy atom. The van der Waals surface area contributed by atoms with Crippen molar-refractivity contribution in [2.75, 3.05) is 24.0 Å². The average molecular weight is 405 g/mol. The van der Waals surface area contributed by atoms with Crippen LogP contribution in [0.1, 0.15) is 0 Å². The first-order valence-electron chi connectivity index (χ1n) is 8.91. The van der Waals surface area contributed by atoms with Gasteiger partial charge in [0.05, 0.1) is 18.4 Å². The number of fused-ring (bicyclic) bond motifs is 1. The molecule has 1 heterocycles. The van der Waals surface area contributed by atoms with Gasteiger partial charge in [-0.3, -0.25) is 4.79 Å². The summed E-state index contributed by atoms with van der Waals surface area (Å²) >= 11 is 1.22. The molecule has 3 N–H and O–H groups in total. The Hall–Kier alpha value is -3.52. The first kappa shape index (κ1) is 18.8. The SMILES string of the molecule is COc1ccccc1-c1nnc(SCC(=O)Nc2ccc3ccccc3c2)n1N. The summed E-state index contributed by atoms with van der Waals surface area (Å²) in [5.74, 6) is 7.28. The molecule has 0 spiro atoms. The molecule has 1 amide bonds. The second-order valence-corrected chi connectivity index (χ2v) is 7.22. The van der Waals surface area contributed by atoms with Crippen molar-refractivity contribution >= 4 is 34.1 Å². The highest BCUT2D eigenvalue weighted by atomic mass is 32.2. The normalized spacial score (nSPS) is 10.8. The van der Waals surface area contributed by atoms with E-state index in [4.69, 9.17) is 10.6 Å².